The third-order valence-corrected chi connectivity index (χ3v) is 9.08. The first-order valence-corrected chi connectivity index (χ1v) is 14.5. The van der Waals surface area contributed by atoms with Gasteiger partial charge in [0.25, 0.3) is 0 Å². The summed E-state index contributed by atoms with van der Waals surface area (Å²) in [5.41, 5.74) is 4.66. The fraction of sp³-hybridized carbons (Fsp3) is 0.394. The lowest BCUT2D eigenvalue weighted by atomic mass is 9.96. The van der Waals surface area contributed by atoms with Crippen molar-refractivity contribution in [3.05, 3.63) is 77.9 Å². The predicted octanol–water partition coefficient (Wildman–Crippen LogP) is 1.74. The number of methoxy groups -OCH3 is 1. The highest BCUT2D eigenvalue weighted by Gasteiger charge is 2.70. The van der Waals surface area contributed by atoms with E-state index >= 15 is 0 Å². The van der Waals surface area contributed by atoms with Crippen LogP contribution in [0.3, 0.4) is 0 Å². The van der Waals surface area contributed by atoms with Crippen molar-refractivity contribution in [1.82, 2.24) is 0 Å². The van der Waals surface area contributed by atoms with Crippen molar-refractivity contribution >= 4 is 23.4 Å². The number of benzene rings is 3. The van der Waals surface area contributed by atoms with E-state index in [1.807, 2.05) is 48.5 Å². The molecule has 3 aliphatic rings. The van der Waals surface area contributed by atoms with Crippen molar-refractivity contribution in [2.45, 2.75) is 62.7 Å². The quantitative estimate of drug-likeness (QED) is 0.179. The number of hydrogen-bond acceptors (Lipinski definition) is 6. The molecule has 0 aliphatic carbocycles. The van der Waals surface area contributed by atoms with Gasteiger partial charge in [-0.1, -0.05) is 48.5 Å². The highest BCUT2D eigenvalue weighted by Crippen LogP contribution is 2.51. The summed E-state index contributed by atoms with van der Waals surface area (Å²) in [6, 6.07) is 21.6. The first-order chi connectivity index (χ1) is 20.3. The van der Waals surface area contributed by atoms with Crippen molar-refractivity contribution in [3.63, 3.8) is 0 Å². The van der Waals surface area contributed by atoms with E-state index in [1.54, 1.807) is 18.2 Å². The summed E-state index contributed by atoms with van der Waals surface area (Å²) in [5.74, 6) is 0.325. The van der Waals surface area contributed by atoms with Crippen LogP contribution in [0.1, 0.15) is 30.4 Å². The standard InChI is InChI=1S/C33H37N3O6.HI/c1-36(2)27-17-23(18-28(36)32-31(27)42-32)41-33(39)35-26-15-20(9-12-24(26)22-7-5-4-6-8-22)11-14-30(38)34-25-13-10-21(19-37)16-29(25)40-3;/h4-10,12-13,15-16,23,27-28,31-32,37H,11,14,17-19H2,1-3H3,(H-,34,35,38,39);1H/t23-,27-,28+,31-,32+;. The third-order valence-electron chi connectivity index (χ3n) is 9.08. The van der Waals surface area contributed by atoms with Gasteiger partial charge in [0.1, 0.15) is 36.1 Å². The van der Waals surface area contributed by atoms with E-state index in [4.69, 9.17) is 14.2 Å². The number of ether oxygens (including phenoxy) is 3. The van der Waals surface area contributed by atoms with Gasteiger partial charge < -0.3 is 53.1 Å². The molecule has 228 valence electrons. The Morgan fingerprint density at radius 1 is 0.930 bits per heavy atom. The topological polar surface area (TPSA) is 109 Å². The number of fused-ring (bicyclic) bond motifs is 5. The fourth-order valence-corrected chi connectivity index (χ4v) is 6.72. The van der Waals surface area contributed by atoms with Crippen LogP contribution in [-0.2, 0) is 27.3 Å². The lowest BCUT2D eigenvalue weighted by molar-refractivity contribution is -0.938. The Morgan fingerprint density at radius 3 is 2.30 bits per heavy atom. The van der Waals surface area contributed by atoms with Crippen LogP contribution in [-0.4, -0.2) is 73.2 Å². The summed E-state index contributed by atoms with van der Waals surface area (Å²) in [6.45, 7) is -0.109. The highest BCUT2D eigenvalue weighted by molar-refractivity contribution is 5.93. The summed E-state index contributed by atoms with van der Waals surface area (Å²) in [7, 11) is 6.03. The molecule has 0 spiro atoms. The van der Waals surface area contributed by atoms with E-state index < -0.39 is 6.09 Å². The summed E-state index contributed by atoms with van der Waals surface area (Å²) in [4.78, 5) is 26.0. The Balaban J connectivity index is 0.00000368. The maximum atomic E-state index is 13.2. The van der Waals surface area contributed by atoms with Gasteiger partial charge >= 0.3 is 6.09 Å². The number of rotatable bonds is 9. The zero-order valence-electron chi connectivity index (χ0n) is 24.6. The number of nitrogens with zero attached hydrogens (tertiary/aromatic N) is 1. The monoisotopic (exact) mass is 699 g/mol. The number of epoxide rings is 1. The number of aliphatic hydroxyl groups is 1. The number of hydrogen-bond donors (Lipinski definition) is 3. The predicted molar refractivity (Wildman–Crippen MR) is 159 cm³/mol. The van der Waals surface area contributed by atoms with Gasteiger partial charge in [0.2, 0.25) is 5.91 Å². The van der Waals surface area contributed by atoms with Gasteiger partial charge in [0, 0.05) is 24.8 Å². The lowest BCUT2D eigenvalue weighted by Crippen LogP contribution is -3.00. The smallest absolute Gasteiger partial charge is 0.411 e. The first-order valence-electron chi connectivity index (χ1n) is 14.5. The number of nitrogens with one attached hydrogen (secondary N) is 2. The average Bonchev–Trinajstić information content (AvgIpc) is 3.75. The molecule has 43 heavy (non-hydrogen) atoms. The zero-order chi connectivity index (χ0) is 29.4. The summed E-state index contributed by atoms with van der Waals surface area (Å²) in [6.07, 6.45) is 2.29. The molecular weight excluding hydrogens is 661 g/mol. The van der Waals surface area contributed by atoms with Crippen LogP contribution in [0.4, 0.5) is 16.2 Å². The highest BCUT2D eigenvalue weighted by atomic mass is 127. The normalized spacial score (nSPS) is 24.2. The van der Waals surface area contributed by atoms with Crippen LogP contribution in [0, 0.1) is 0 Å². The molecule has 0 saturated carbocycles. The number of aryl methyl sites for hydroxylation is 1. The number of anilines is 2. The maximum Gasteiger partial charge on any atom is 0.411 e. The van der Waals surface area contributed by atoms with Crippen molar-refractivity contribution in [3.8, 4) is 16.9 Å². The number of piperidine rings is 1. The fourth-order valence-electron chi connectivity index (χ4n) is 6.72. The van der Waals surface area contributed by atoms with E-state index in [-0.39, 0.29) is 49.0 Å². The van der Waals surface area contributed by atoms with Crippen LogP contribution in [0.5, 0.6) is 5.75 Å². The van der Waals surface area contributed by atoms with Crippen molar-refractivity contribution in [2.24, 2.45) is 0 Å². The van der Waals surface area contributed by atoms with Crippen LogP contribution in [0.25, 0.3) is 11.1 Å². The minimum Gasteiger partial charge on any atom is -1.00 e. The molecule has 0 radical (unpaired) electrons. The Morgan fingerprint density at radius 2 is 1.63 bits per heavy atom. The van der Waals surface area contributed by atoms with E-state index in [0.29, 0.717) is 53.4 Å². The molecule has 3 aromatic carbocycles. The average molecular weight is 700 g/mol. The third kappa shape index (κ3) is 6.52. The van der Waals surface area contributed by atoms with Crippen molar-refractivity contribution < 1.29 is 57.4 Å². The summed E-state index contributed by atoms with van der Waals surface area (Å²) < 4.78 is 18.1. The van der Waals surface area contributed by atoms with Crippen LogP contribution >= 0.6 is 0 Å². The van der Waals surface area contributed by atoms with E-state index in [2.05, 4.69) is 24.7 Å². The molecule has 3 fully saturated rings. The summed E-state index contributed by atoms with van der Waals surface area (Å²) >= 11 is 0. The van der Waals surface area contributed by atoms with Gasteiger partial charge in [0.15, 0.2) is 0 Å². The zero-order valence-corrected chi connectivity index (χ0v) is 26.7. The molecular formula is C33H38IN3O6. The first kappa shape index (κ1) is 31.2. The van der Waals surface area contributed by atoms with Gasteiger partial charge in [-0.05, 0) is 41.3 Å². The minimum absolute atomic E-state index is 0. The molecule has 3 N–H and O–H groups in total. The molecule has 0 unspecified atom stereocenters. The number of carbonyl (C=O) groups is 2. The van der Waals surface area contributed by atoms with Crippen LogP contribution in [0.2, 0.25) is 0 Å². The molecule has 6 rings (SSSR count). The Bertz CT molecular complexity index is 1460. The number of morpholine rings is 1. The second-order valence-electron chi connectivity index (χ2n) is 11.9. The molecule has 10 heteroatoms. The second kappa shape index (κ2) is 12.8. The van der Waals surface area contributed by atoms with E-state index in [0.717, 1.165) is 34.0 Å². The number of halogens is 1. The van der Waals surface area contributed by atoms with E-state index in [9.17, 15) is 14.7 Å². The molecule has 3 heterocycles. The van der Waals surface area contributed by atoms with Gasteiger partial charge in [-0.2, -0.15) is 0 Å². The van der Waals surface area contributed by atoms with Gasteiger partial charge in [-0.15, -0.1) is 0 Å². The molecule has 2 bridgehead atoms. The number of quaternary nitrogens is 1. The van der Waals surface area contributed by atoms with E-state index in [1.165, 1.54) is 7.11 Å². The van der Waals surface area contributed by atoms with Crippen molar-refractivity contribution in [2.75, 3.05) is 31.8 Å². The SMILES string of the molecule is COc1cc(CO)ccc1NC(=O)CCc1ccc(-c2ccccc2)c(NC(=O)O[C@@H]2C[C@@H]3[C@H]4O[C@H]4[C@H](C2)[N+]3(C)C)c1.[I-]. The Labute approximate surface area is 269 Å². The molecule has 9 nitrogen and oxygen atoms in total. The molecule has 5 atom stereocenters. The molecule has 3 aliphatic heterocycles. The lowest BCUT2D eigenvalue weighted by Gasteiger charge is -2.45. The number of aliphatic hydroxyl groups excluding tert-OH is 1. The number of carbonyl (C=O) groups excluding carboxylic acids is 2. The summed E-state index contributed by atoms with van der Waals surface area (Å²) in [5, 5.41) is 15.3. The Hall–Kier alpha value is -3.19. The maximum absolute atomic E-state index is 13.2. The number of amides is 2. The molecule has 0 aromatic heterocycles. The second-order valence-corrected chi connectivity index (χ2v) is 11.9. The van der Waals surface area contributed by atoms with Crippen LogP contribution in [0.15, 0.2) is 66.7 Å². The van der Waals surface area contributed by atoms with Crippen molar-refractivity contribution in [1.29, 1.82) is 0 Å². The largest absolute Gasteiger partial charge is 1.00 e. The van der Waals surface area contributed by atoms with Gasteiger partial charge in [-0.3, -0.25) is 10.1 Å². The minimum atomic E-state index is -0.466. The molecule has 2 amide bonds. The molecule has 3 saturated heterocycles. The van der Waals surface area contributed by atoms with Gasteiger partial charge in [0.05, 0.1) is 39.2 Å². The molecule has 3 aromatic rings. The van der Waals surface area contributed by atoms with Gasteiger partial charge in [-0.25, -0.2) is 4.79 Å². The van der Waals surface area contributed by atoms with Crippen LogP contribution < -0.4 is 39.3 Å². The Kier molecular flexibility index (Phi) is 9.31. The number of likely N-dealkylation sites (N-methyl/N-ethyl adjacent to an activating group) is 1.